The summed E-state index contributed by atoms with van der Waals surface area (Å²) in [5, 5.41) is 3.81. The van der Waals surface area contributed by atoms with Crippen molar-refractivity contribution in [2.75, 3.05) is 26.3 Å². The molecule has 4 atom stereocenters. The molecule has 2 rings (SSSR count). The van der Waals surface area contributed by atoms with Gasteiger partial charge >= 0.3 is 0 Å². The summed E-state index contributed by atoms with van der Waals surface area (Å²) in [7, 11) is 0. The zero-order chi connectivity index (χ0) is 14.8. The summed E-state index contributed by atoms with van der Waals surface area (Å²) >= 11 is 0. The first-order chi connectivity index (χ1) is 9.48. The molecule has 2 aliphatic heterocycles. The number of nitrogens with zero attached hydrogens (tertiary/aromatic N) is 1. The third-order valence-electron chi connectivity index (χ3n) is 5.59. The molecule has 0 bridgehead atoms. The van der Waals surface area contributed by atoms with Gasteiger partial charge in [0.05, 0.1) is 6.61 Å². The molecule has 0 aromatic rings. The zero-order valence-corrected chi connectivity index (χ0v) is 14.1. The molecule has 118 valence electrons. The number of piperazine rings is 1. The first-order valence-corrected chi connectivity index (χ1v) is 8.56. The number of hydrogen-bond donors (Lipinski definition) is 1. The van der Waals surface area contributed by atoms with Crippen LogP contribution in [0.3, 0.4) is 0 Å². The van der Waals surface area contributed by atoms with Gasteiger partial charge in [0.1, 0.15) is 0 Å². The number of hydrogen-bond acceptors (Lipinski definition) is 3. The molecular weight excluding hydrogens is 248 g/mol. The van der Waals surface area contributed by atoms with E-state index in [4.69, 9.17) is 4.74 Å². The fourth-order valence-corrected chi connectivity index (χ4v) is 3.82. The second-order valence-electron chi connectivity index (χ2n) is 7.52. The van der Waals surface area contributed by atoms with Crippen LogP contribution < -0.4 is 5.32 Å². The van der Waals surface area contributed by atoms with Crippen molar-refractivity contribution in [3.05, 3.63) is 0 Å². The lowest BCUT2D eigenvalue weighted by molar-refractivity contribution is -0.0833. The van der Waals surface area contributed by atoms with Crippen molar-refractivity contribution in [3.63, 3.8) is 0 Å². The summed E-state index contributed by atoms with van der Waals surface area (Å²) in [5.41, 5.74) is 0.237. The Morgan fingerprint density at radius 2 is 2.10 bits per heavy atom. The molecule has 0 saturated carbocycles. The van der Waals surface area contributed by atoms with E-state index in [9.17, 15) is 0 Å². The number of nitrogens with one attached hydrogen (secondary N) is 1. The Morgan fingerprint density at radius 3 is 2.65 bits per heavy atom. The minimum absolute atomic E-state index is 0.237. The minimum atomic E-state index is 0.237. The summed E-state index contributed by atoms with van der Waals surface area (Å²) in [6.07, 6.45) is 3.74. The third kappa shape index (κ3) is 3.37. The van der Waals surface area contributed by atoms with Crippen molar-refractivity contribution in [2.45, 2.75) is 71.5 Å². The van der Waals surface area contributed by atoms with Crippen LogP contribution in [0.4, 0.5) is 0 Å². The average molecular weight is 282 g/mol. The Hall–Kier alpha value is -0.120. The van der Waals surface area contributed by atoms with Crippen molar-refractivity contribution in [1.29, 1.82) is 0 Å². The Morgan fingerprint density at radius 1 is 1.35 bits per heavy atom. The molecule has 2 heterocycles. The molecule has 4 unspecified atom stereocenters. The second kappa shape index (κ2) is 6.76. The van der Waals surface area contributed by atoms with Crippen LogP contribution >= 0.6 is 0 Å². The predicted molar refractivity (Wildman–Crippen MR) is 85.0 cm³/mol. The van der Waals surface area contributed by atoms with Gasteiger partial charge in [-0.2, -0.15) is 0 Å². The van der Waals surface area contributed by atoms with Crippen LogP contribution in [0.2, 0.25) is 0 Å². The molecule has 3 nitrogen and oxygen atoms in total. The van der Waals surface area contributed by atoms with Crippen LogP contribution in [0.1, 0.15) is 53.9 Å². The van der Waals surface area contributed by atoms with Crippen LogP contribution in [0, 0.1) is 11.8 Å². The molecule has 2 aliphatic rings. The topological polar surface area (TPSA) is 24.5 Å². The predicted octanol–water partition coefficient (Wildman–Crippen LogP) is 2.90. The van der Waals surface area contributed by atoms with Gasteiger partial charge in [-0.25, -0.2) is 0 Å². The van der Waals surface area contributed by atoms with Crippen molar-refractivity contribution in [3.8, 4) is 0 Å². The van der Waals surface area contributed by atoms with Crippen molar-refractivity contribution >= 4 is 0 Å². The van der Waals surface area contributed by atoms with E-state index in [2.05, 4.69) is 44.8 Å². The highest BCUT2D eigenvalue weighted by Gasteiger charge is 2.42. The smallest absolute Gasteiger partial charge is 0.0647 e. The van der Waals surface area contributed by atoms with E-state index >= 15 is 0 Å². The molecule has 2 fully saturated rings. The van der Waals surface area contributed by atoms with E-state index in [0.717, 1.165) is 25.7 Å². The van der Waals surface area contributed by atoms with Gasteiger partial charge < -0.3 is 10.1 Å². The summed E-state index contributed by atoms with van der Waals surface area (Å²) in [6, 6.07) is 1.27. The standard InChI is InChI=1S/C17H34N2O/c1-6-14(4)15-11-19(16(10-18-15)13(2)3)17(5)8-7-9-20-12-17/h13-16,18H,6-12H2,1-5H3. The highest BCUT2D eigenvalue weighted by molar-refractivity contribution is 4.99. The van der Waals surface area contributed by atoms with E-state index in [0.29, 0.717) is 18.0 Å². The third-order valence-corrected chi connectivity index (χ3v) is 5.59. The van der Waals surface area contributed by atoms with E-state index < -0.39 is 0 Å². The van der Waals surface area contributed by atoms with Gasteiger partial charge in [-0.3, -0.25) is 4.90 Å². The largest absolute Gasteiger partial charge is 0.380 e. The molecule has 3 heteroatoms. The fraction of sp³-hybridized carbons (Fsp3) is 1.00. The van der Waals surface area contributed by atoms with Gasteiger partial charge in [-0.15, -0.1) is 0 Å². The summed E-state index contributed by atoms with van der Waals surface area (Å²) in [4.78, 5) is 2.78. The molecule has 0 aromatic carbocycles. The normalized spacial score (nSPS) is 38.1. The second-order valence-corrected chi connectivity index (χ2v) is 7.52. The molecule has 1 N–H and O–H groups in total. The fourth-order valence-electron chi connectivity index (χ4n) is 3.82. The highest BCUT2D eigenvalue weighted by Crippen LogP contribution is 2.32. The lowest BCUT2D eigenvalue weighted by atomic mass is 9.84. The van der Waals surface area contributed by atoms with Gasteiger partial charge in [0.2, 0.25) is 0 Å². The Kier molecular flexibility index (Phi) is 5.49. The molecule has 0 amide bonds. The quantitative estimate of drug-likeness (QED) is 0.858. The number of ether oxygens (including phenoxy) is 1. The Labute approximate surface area is 125 Å². The highest BCUT2D eigenvalue weighted by atomic mass is 16.5. The molecule has 0 aromatic heterocycles. The van der Waals surface area contributed by atoms with Gasteiger partial charge in [0.25, 0.3) is 0 Å². The zero-order valence-electron chi connectivity index (χ0n) is 14.1. The van der Waals surface area contributed by atoms with Gasteiger partial charge in [0, 0.05) is 37.3 Å². The van der Waals surface area contributed by atoms with E-state index in [1.165, 1.54) is 25.8 Å². The first kappa shape index (κ1) is 16.3. The maximum atomic E-state index is 5.83. The van der Waals surface area contributed by atoms with Crippen molar-refractivity contribution in [1.82, 2.24) is 10.2 Å². The SMILES string of the molecule is CCC(C)C1CN(C2(C)CCCOC2)C(C(C)C)CN1. The monoisotopic (exact) mass is 282 g/mol. The molecule has 0 radical (unpaired) electrons. The first-order valence-electron chi connectivity index (χ1n) is 8.56. The van der Waals surface area contributed by atoms with Crippen LogP contribution in [0.5, 0.6) is 0 Å². The molecule has 0 aliphatic carbocycles. The summed E-state index contributed by atoms with van der Waals surface area (Å²) < 4.78 is 5.83. The van der Waals surface area contributed by atoms with Gasteiger partial charge in [-0.1, -0.05) is 34.1 Å². The number of rotatable bonds is 4. The molecule has 2 saturated heterocycles. The van der Waals surface area contributed by atoms with Crippen LogP contribution in [0.25, 0.3) is 0 Å². The Bertz CT molecular complexity index is 299. The lowest BCUT2D eigenvalue weighted by Gasteiger charge is -2.53. The maximum Gasteiger partial charge on any atom is 0.0647 e. The lowest BCUT2D eigenvalue weighted by Crippen LogP contribution is -2.67. The van der Waals surface area contributed by atoms with E-state index in [1.807, 2.05) is 0 Å². The van der Waals surface area contributed by atoms with Crippen LogP contribution in [-0.4, -0.2) is 48.8 Å². The van der Waals surface area contributed by atoms with Gasteiger partial charge in [-0.05, 0) is 31.6 Å². The van der Waals surface area contributed by atoms with Crippen molar-refractivity contribution < 1.29 is 4.74 Å². The minimum Gasteiger partial charge on any atom is -0.380 e. The van der Waals surface area contributed by atoms with E-state index in [-0.39, 0.29) is 5.54 Å². The average Bonchev–Trinajstić information content (AvgIpc) is 2.46. The van der Waals surface area contributed by atoms with Gasteiger partial charge in [0.15, 0.2) is 0 Å². The van der Waals surface area contributed by atoms with Crippen LogP contribution in [0.15, 0.2) is 0 Å². The maximum absolute atomic E-state index is 5.83. The molecular formula is C17H34N2O. The van der Waals surface area contributed by atoms with Crippen molar-refractivity contribution in [2.24, 2.45) is 11.8 Å². The molecule has 0 spiro atoms. The summed E-state index contributed by atoms with van der Waals surface area (Å²) in [6.45, 7) is 16.0. The summed E-state index contributed by atoms with van der Waals surface area (Å²) in [5.74, 6) is 1.44. The van der Waals surface area contributed by atoms with E-state index in [1.54, 1.807) is 0 Å². The van der Waals surface area contributed by atoms with Crippen LogP contribution in [-0.2, 0) is 4.74 Å². The Balaban J connectivity index is 2.14. The molecule has 20 heavy (non-hydrogen) atoms.